The first-order valence-electron chi connectivity index (χ1n) is 20.7. The van der Waals surface area contributed by atoms with E-state index in [1.54, 1.807) is 32.3 Å². The fourth-order valence-electron chi connectivity index (χ4n) is 7.51. The van der Waals surface area contributed by atoms with Gasteiger partial charge in [0.1, 0.15) is 34.8 Å². The van der Waals surface area contributed by atoms with Crippen molar-refractivity contribution < 1.29 is 126 Å². The summed E-state index contributed by atoms with van der Waals surface area (Å²) in [5.41, 5.74) is 2.09. The Balaban J connectivity index is 0.00000726. The number of methoxy groups -OCH3 is 1. The molecule has 65 heavy (non-hydrogen) atoms. The molecular formula is C43H60N2Na2O15S3. The molecule has 0 spiro atoms. The normalized spacial score (nSPS) is 16.8. The molecule has 0 saturated heterocycles. The van der Waals surface area contributed by atoms with Crippen molar-refractivity contribution in [3.05, 3.63) is 82.6 Å². The van der Waals surface area contributed by atoms with Crippen LogP contribution < -0.4 is 73.9 Å². The number of hydrogen-bond acceptors (Lipinski definition) is 16. The van der Waals surface area contributed by atoms with Crippen molar-refractivity contribution in [2.45, 2.75) is 69.1 Å². The van der Waals surface area contributed by atoms with Gasteiger partial charge in [0.2, 0.25) is 5.36 Å². The van der Waals surface area contributed by atoms with Crippen molar-refractivity contribution in [1.82, 2.24) is 4.58 Å². The van der Waals surface area contributed by atoms with Gasteiger partial charge in [-0.25, -0.2) is 29.8 Å². The Hall–Kier alpha value is -1.54. The molecule has 3 aliphatic rings. The van der Waals surface area contributed by atoms with Crippen LogP contribution in [0.5, 0.6) is 0 Å². The Morgan fingerprint density at radius 2 is 1.42 bits per heavy atom. The van der Waals surface area contributed by atoms with Crippen LogP contribution in [0.2, 0.25) is 0 Å². The average molecular weight is 987 g/mol. The quantitative estimate of drug-likeness (QED) is 0.0375. The maximum Gasteiger partial charge on any atom is 1.00 e. The van der Waals surface area contributed by atoms with E-state index in [1.165, 1.54) is 18.2 Å². The second kappa shape index (κ2) is 27.0. The summed E-state index contributed by atoms with van der Waals surface area (Å²) >= 11 is 0. The fourth-order valence-corrected chi connectivity index (χ4v) is 8.99. The van der Waals surface area contributed by atoms with Gasteiger partial charge in [0.05, 0.1) is 70.8 Å². The van der Waals surface area contributed by atoms with Gasteiger partial charge < -0.3 is 47.0 Å². The number of anilines is 1. The maximum absolute atomic E-state index is 12.1. The van der Waals surface area contributed by atoms with Gasteiger partial charge in [-0.3, -0.25) is 0 Å². The Bertz CT molecular complexity index is 2440. The largest absolute Gasteiger partial charge is 1.00 e. The van der Waals surface area contributed by atoms with Crippen molar-refractivity contribution in [2.75, 3.05) is 96.0 Å². The van der Waals surface area contributed by atoms with Gasteiger partial charge >= 0.3 is 59.1 Å². The number of benzene rings is 2. The van der Waals surface area contributed by atoms with E-state index in [2.05, 4.69) is 20.8 Å². The van der Waals surface area contributed by atoms with Crippen molar-refractivity contribution >= 4 is 42.1 Å². The number of aliphatic hydroxyl groups is 1. The molecule has 22 heteroatoms. The first-order valence-corrected chi connectivity index (χ1v) is 25.3. The summed E-state index contributed by atoms with van der Waals surface area (Å²) in [6.07, 6.45) is 5.78. The monoisotopic (exact) mass is 986 g/mol. The summed E-state index contributed by atoms with van der Waals surface area (Å²) in [5, 5.41) is 10.5. The number of aliphatic hydroxyl groups excluding tert-OH is 1. The van der Waals surface area contributed by atoms with Gasteiger partial charge in [0.25, 0.3) is 0 Å². The van der Waals surface area contributed by atoms with Crippen LogP contribution in [0.25, 0.3) is 17.4 Å². The molecule has 1 aromatic carbocycles. The summed E-state index contributed by atoms with van der Waals surface area (Å²) in [6, 6.07) is 11.6. The number of nitrogens with zero attached hydrogens (tertiary/aromatic N) is 2. The van der Waals surface area contributed by atoms with E-state index < -0.39 is 52.2 Å². The molecule has 2 aliphatic heterocycles. The fraction of sp³-hybridized carbons (Fsp3) is 0.558. The minimum absolute atomic E-state index is 0. The topological polar surface area (TPSA) is 248 Å². The zero-order valence-corrected chi connectivity index (χ0v) is 45.0. The third kappa shape index (κ3) is 18.7. The van der Waals surface area contributed by atoms with Crippen LogP contribution in [0.4, 0.5) is 5.69 Å². The zero-order chi connectivity index (χ0) is 46.5. The van der Waals surface area contributed by atoms with Gasteiger partial charge in [-0.2, -0.15) is 0 Å². The number of allylic oxidation sites excluding steroid dienone is 3. The Morgan fingerprint density at radius 3 is 2.00 bits per heavy atom. The first kappa shape index (κ1) is 59.6. The third-order valence-corrected chi connectivity index (χ3v) is 13.0. The van der Waals surface area contributed by atoms with Crippen molar-refractivity contribution in [3.63, 3.8) is 0 Å². The molecule has 17 nitrogen and oxygen atoms in total. The Kier molecular flexibility index (Phi) is 24.8. The van der Waals surface area contributed by atoms with Gasteiger partial charge in [-0.05, 0) is 85.2 Å². The maximum atomic E-state index is 12.1. The minimum atomic E-state index is -4.85. The van der Waals surface area contributed by atoms with Gasteiger partial charge in [-0.1, -0.05) is 26.8 Å². The second-order valence-corrected chi connectivity index (χ2v) is 20.8. The van der Waals surface area contributed by atoms with E-state index in [-0.39, 0.29) is 104 Å². The Labute approximate surface area is 428 Å². The summed E-state index contributed by atoms with van der Waals surface area (Å²) in [7, 11) is -12.2. The molecule has 1 aliphatic carbocycles. The molecule has 0 aromatic heterocycles. The molecule has 352 valence electrons. The SMILES string of the molecule is COCCOCCOCCOCC[N+](CCCS(=O)(=O)[O-])=c1ccc2c(C(C)(C)C)cc(/C=C/C=C3/N(CCCO)c4ccc(S(=O)(=O)[O-])cc4C3(C)CCCS(=O)(=O)[O-])oc-2c1.[Na+].[Na+]. The van der Waals surface area contributed by atoms with Crippen molar-refractivity contribution in [1.29, 1.82) is 0 Å². The van der Waals surface area contributed by atoms with Crippen LogP contribution in [0.1, 0.15) is 70.3 Å². The molecule has 0 fully saturated rings. The molecule has 0 radical (unpaired) electrons. The van der Waals surface area contributed by atoms with Crippen LogP contribution in [0.15, 0.2) is 69.6 Å². The Morgan fingerprint density at radius 1 is 0.800 bits per heavy atom. The number of rotatable bonds is 26. The van der Waals surface area contributed by atoms with Gasteiger partial charge in [0.15, 0.2) is 6.54 Å². The van der Waals surface area contributed by atoms with E-state index >= 15 is 0 Å². The molecule has 1 N–H and O–H groups in total. The molecule has 0 bridgehead atoms. The number of ether oxygens (including phenoxy) is 4. The first-order chi connectivity index (χ1) is 29.6. The van der Waals surface area contributed by atoms with Gasteiger partial charge in [-0.15, -0.1) is 0 Å². The molecule has 4 rings (SSSR count). The molecule has 1 aromatic rings. The molecule has 1 atom stereocenters. The van der Waals surface area contributed by atoms with Crippen LogP contribution in [0.3, 0.4) is 0 Å². The van der Waals surface area contributed by atoms with E-state index in [4.69, 9.17) is 23.4 Å². The number of fused-ring (bicyclic) bond motifs is 2. The van der Waals surface area contributed by atoms with Crippen LogP contribution in [-0.4, -0.2) is 135 Å². The van der Waals surface area contributed by atoms with Crippen LogP contribution in [0, 0.1) is 0 Å². The summed E-state index contributed by atoms with van der Waals surface area (Å²) < 4.78 is 136. The van der Waals surface area contributed by atoms with E-state index in [9.17, 15) is 44.0 Å². The predicted octanol–water partition coefficient (Wildman–Crippen LogP) is -2.62. The number of hydrogen-bond donors (Lipinski definition) is 1. The molecule has 0 saturated carbocycles. The second-order valence-electron chi connectivity index (χ2n) is 16.4. The van der Waals surface area contributed by atoms with E-state index in [0.717, 1.165) is 11.1 Å². The van der Waals surface area contributed by atoms with Crippen molar-refractivity contribution in [2.24, 2.45) is 0 Å². The van der Waals surface area contributed by atoms with Crippen LogP contribution in [-0.2, 0) is 60.1 Å². The zero-order valence-electron chi connectivity index (χ0n) is 38.6. The molecule has 1 unspecified atom stereocenters. The van der Waals surface area contributed by atoms with E-state index in [0.29, 0.717) is 93.0 Å². The van der Waals surface area contributed by atoms with Gasteiger partial charge in [0, 0.05) is 66.6 Å². The average Bonchev–Trinajstić information content (AvgIpc) is 3.41. The van der Waals surface area contributed by atoms with Crippen LogP contribution >= 0.6 is 0 Å². The summed E-state index contributed by atoms with van der Waals surface area (Å²) in [4.78, 5) is 1.44. The van der Waals surface area contributed by atoms with E-state index in [1.807, 2.05) is 33.7 Å². The predicted molar refractivity (Wildman–Crippen MR) is 234 cm³/mol. The minimum Gasteiger partial charge on any atom is -0.748 e. The summed E-state index contributed by atoms with van der Waals surface area (Å²) in [5.74, 6) is -0.175. The third-order valence-electron chi connectivity index (χ3n) is 10.6. The van der Waals surface area contributed by atoms with Crippen molar-refractivity contribution in [3.8, 4) is 11.3 Å². The molecule has 2 heterocycles. The molecular weight excluding hydrogens is 927 g/mol. The smallest absolute Gasteiger partial charge is 0.748 e. The standard InChI is InChI=1S/C43H62N2O15S3.2Na/c1-42(2,3)37-31-34(10-6-11-41-43(4,16-7-28-61(47,48)49)38-32-35(63(53,54)55)13-15-39(38)45(41)18-8-20-46)60-40-30-33(12-14-36(37)40)44(17-9-29-62(50,51)52)19-21-57-24-25-59-27-26-58-23-22-56-5;;/h6,10-15,30-32,46H,7-9,16-29H2,1-5H3,(H2-,47,48,49,50,51,52,53,54,55);;/q;2*+1/p-2. The summed E-state index contributed by atoms with van der Waals surface area (Å²) in [6.45, 7) is 11.5. The molecule has 0 amide bonds.